The molecule has 0 saturated heterocycles. The fourth-order valence-electron chi connectivity index (χ4n) is 2.53. The van der Waals surface area contributed by atoms with Crippen LogP contribution in [0.25, 0.3) is 0 Å². The van der Waals surface area contributed by atoms with E-state index in [0.29, 0.717) is 0 Å². The predicted octanol–water partition coefficient (Wildman–Crippen LogP) is 4.03. The standard InChI is InChI=1S/C18H33O8P/c1-16(2,3)24-15(21)13-11(12(13)14(19)20)10-23-27(22,25-17(4,5)6)26-18(7,8)9/h11-13H,10H2,1-9H3,(H,19,20)/t11-,12+,13?/m1/s1. The van der Waals surface area contributed by atoms with Crippen LogP contribution in [0.1, 0.15) is 62.3 Å². The summed E-state index contributed by atoms with van der Waals surface area (Å²) in [6.07, 6.45) is 0. The second-order valence-corrected chi connectivity index (χ2v) is 11.3. The van der Waals surface area contributed by atoms with Crippen molar-refractivity contribution in [3.63, 3.8) is 0 Å². The lowest BCUT2D eigenvalue weighted by atomic mass is 10.2. The summed E-state index contributed by atoms with van der Waals surface area (Å²) >= 11 is 0. The molecule has 158 valence electrons. The number of phosphoric acid groups is 1. The summed E-state index contributed by atoms with van der Waals surface area (Å²) in [6.45, 7) is 15.1. The molecule has 1 aliphatic rings. The fourth-order valence-corrected chi connectivity index (χ4v) is 4.37. The van der Waals surface area contributed by atoms with Gasteiger partial charge in [0.05, 0.1) is 29.6 Å². The lowest BCUT2D eigenvalue weighted by Gasteiger charge is -2.31. The maximum atomic E-state index is 13.0. The number of carboxylic acid groups (broad SMARTS) is 1. The first-order chi connectivity index (χ1) is 11.8. The second kappa shape index (κ2) is 7.82. The highest BCUT2D eigenvalue weighted by molar-refractivity contribution is 7.48. The molecule has 8 nitrogen and oxygen atoms in total. The van der Waals surface area contributed by atoms with E-state index in [1.54, 1.807) is 62.3 Å². The summed E-state index contributed by atoms with van der Waals surface area (Å²) in [5.41, 5.74) is -2.34. The number of esters is 1. The van der Waals surface area contributed by atoms with Gasteiger partial charge in [-0.25, -0.2) is 4.57 Å². The molecule has 3 atom stereocenters. The first kappa shape index (κ1) is 24.1. The van der Waals surface area contributed by atoms with Gasteiger partial charge >= 0.3 is 19.8 Å². The summed E-state index contributed by atoms with van der Waals surface area (Å²) in [4.78, 5) is 23.7. The van der Waals surface area contributed by atoms with Gasteiger partial charge in [0.15, 0.2) is 0 Å². The van der Waals surface area contributed by atoms with Gasteiger partial charge in [0.25, 0.3) is 0 Å². The normalized spacial score (nSPS) is 23.8. The molecule has 0 aliphatic heterocycles. The number of carbonyl (C=O) groups is 2. The summed E-state index contributed by atoms with van der Waals surface area (Å²) in [7, 11) is -3.98. The van der Waals surface area contributed by atoms with Crippen molar-refractivity contribution in [2.45, 2.75) is 79.1 Å². The van der Waals surface area contributed by atoms with E-state index in [1.165, 1.54) is 0 Å². The third-order valence-electron chi connectivity index (χ3n) is 3.33. The highest BCUT2D eigenvalue weighted by atomic mass is 31.2. The van der Waals surface area contributed by atoms with Crippen LogP contribution < -0.4 is 0 Å². The molecular formula is C18H33O8P. The molecular weight excluding hydrogens is 375 g/mol. The Kier molecular flexibility index (Phi) is 6.97. The molecule has 1 saturated carbocycles. The molecule has 9 heteroatoms. The zero-order valence-corrected chi connectivity index (χ0v) is 18.6. The van der Waals surface area contributed by atoms with Crippen LogP contribution in [0.4, 0.5) is 0 Å². The Morgan fingerprint density at radius 2 is 1.30 bits per heavy atom. The van der Waals surface area contributed by atoms with Crippen molar-refractivity contribution in [3.05, 3.63) is 0 Å². The van der Waals surface area contributed by atoms with E-state index in [2.05, 4.69) is 0 Å². The predicted molar refractivity (Wildman–Crippen MR) is 99.2 cm³/mol. The number of rotatable bonds is 7. The van der Waals surface area contributed by atoms with E-state index < -0.39 is 54.3 Å². The summed E-state index contributed by atoms with van der Waals surface area (Å²) in [6, 6.07) is 0. The minimum Gasteiger partial charge on any atom is -0.481 e. The van der Waals surface area contributed by atoms with E-state index in [9.17, 15) is 19.3 Å². The number of hydrogen-bond acceptors (Lipinski definition) is 7. The molecule has 1 unspecified atom stereocenters. The minimum absolute atomic E-state index is 0.246. The van der Waals surface area contributed by atoms with Gasteiger partial charge in [-0.2, -0.15) is 0 Å². The SMILES string of the molecule is CC(C)(C)OC(=O)C1[C@@H](C(=O)O)[C@H]1COP(=O)(OC(C)(C)C)OC(C)(C)C. The van der Waals surface area contributed by atoms with Crippen LogP contribution in [0.2, 0.25) is 0 Å². The van der Waals surface area contributed by atoms with Crippen molar-refractivity contribution < 1.29 is 37.6 Å². The Morgan fingerprint density at radius 1 is 0.852 bits per heavy atom. The number of ether oxygens (including phenoxy) is 1. The van der Waals surface area contributed by atoms with Crippen LogP contribution in [-0.4, -0.2) is 40.5 Å². The van der Waals surface area contributed by atoms with E-state index in [0.717, 1.165) is 0 Å². The highest BCUT2D eigenvalue weighted by Gasteiger charge is 2.61. The lowest BCUT2D eigenvalue weighted by molar-refractivity contribution is -0.158. The topological polar surface area (TPSA) is 108 Å². The maximum absolute atomic E-state index is 13.0. The fraction of sp³-hybridized carbons (Fsp3) is 0.889. The Hall–Kier alpha value is -0.950. The molecule has 0 aromatic heterocycles. The van der Waals surface area contributed by atoms with Crippen molar-refractivity contribution in [1.82, 2.24) is 0 Å². The first-order valence-corrected chi connectivity index (χ1v) is 10.4. The number of carbonyl (C=O) groups excluding carboxylic acids is 1. The molecule has 0 heterocycles. The number of aliphatic carboxylic acids is 1. The van der Waals surface area contributed by atoms with Gasteiger partial charge < -0.3 is 9.84 Å². The van der Waals surface area contributed by atoms with Gasteiger partial charge in [-0.3, -0.25) is 23.2 Å². The van der Waals surface area contributed by atoms with E-state index in [4.69, 9.17) is 18.3 Å². The molecule has 0 amide bonds. The number of carboxylic acids is 1. The molecule has 0 aromatic rings. The molecule has 0 spiro atoms. The average Bonchev–Trinajstić information content (AvgIpc) is 3.03. The zero-order chi connectivity index (χ0) is 21.4. The lowest BCUT2D eigenvalue weighted by Crippen LogP contribution is -2.26. The largest absolute Gasteiger partial charge is 0.481 e. The van der Waals surface area contributed by atoms with E-state index in [1.807, 2.05) is 0 Å². The molecule has 1 aliphatic carbocycles. The van der Waals surface area contributed by atoms with Crippen molar-refractivity contribution in [1.29, 1.82) is 0 Å². The van der Waals surface area contributed by atoms with Crippen molar-refractivity contribution in [2.75, 3.05) is 6.61 Å². The van der Waals surface area contributed by atoms with Crippen LogP contribution in [0.3, 0.4) is 0 Å². The maximum Gasteiger partial charge on any atom is 0.475 e. The minimum atomic E-state index is -3.98. The molecule has 0 aromatic carbocycles. The van der Waals surface area contributed by atoms with Crippen molar-refractivity contribution in [3.8, 4) is 0 Å². The van der Waals surface area contributed by atoms with Crippen LogP contribution in [0, 0.1) is 17.8 Å². The quantitative estimate of drug-likeness (QED) is 0.497. The molecule has 0 bridgehead atoms. The second-order valence-electron chi connectivity index (χ2n) is 9.74. The molecule has 1 fully saturated rings. The van der Waals surface area contributed by atoms with E-state index in [-0.39, 0.29) is 6.61 Å². The smallest absolute Gasteiger partial charge is 0.475 e. The Labute approximate surface area is 161 Å². The molecule has 27 heavy (non-hydrogen) atoms. The van der Waals surface area contributed by atoms with Gasteiger partial charge in [0, 0.05) is 5.92 Å². The zero-order valence-electron chi connectivity index (χ0n) is 17.7. The first-order valence-electron chi connectivity index (χ1n) is 8.95. The molecule has 0 radical (unpaired) electrons. The summed E-state index contributed by atoms with van der Waals surface area (Å²) < 4.78 is 34.7. The van der Waals surface area contributed by atoms with E-state index >= 15 is 0 Å². The Balaban J connectivity index is 2.88. The number of hydrogen-bond donors (Lipinski definition) is 1. The monoisotopic (exact) mass is 408 g/mol. The Bertz CT molecular complexity index is 588. The van der Waals surface area contributed by atoms with Gasteiger partial charge in [-0.05, 0) is 62.3 Å². The highest BCUT2D eigenvalue weighted by Crippen LogP contribution is 2.58. The van der Waals surface area contributed by atoms with Gasteiger partial charge in [-0.15, -0.1) is 0 Å². The van der Waals surface area contributed by atoms with Crippen LogP contribution in [0.15, 0.2) is 0 Å². The summed E-state index contributed by atoms with van der Waals surface area (Å²) in [5.74, 6) is -4.18. The molecule has 1 rings (SSSR count). The number of phosphoric ester groups is 1. The third kappa shape index (κ3) is 8.30. The van der Waals surface area contributed by atoms with Gasteiger partial charge in [0.2, 0.25) is 0 Å². The summed E-state index contributed by atoms with van der Waals surface area (Å²) in [5, 5.41) is 9.35. The molecule has 1 N–H and O–H groups in total. The van der Waals surface area contributed by atoms with Crippen LogP contribution in [-0.2, 0) is 32.5 Å². The van der Waals surface area contributed by atoms with Crippen molar-refractivity contribution >= 4 is 19.8 Å². The van der Waals surface area contributed by atoms with Crippen molar-refractivity contribution in [2.24, 2.45) is 17.8 Å². The van der Waals surface area contributed by atoms with Crippen LogP contribution in [0.5, 0.6) is 0 Å². The Morgan fingerprint density at radius 3 is 1.63 bits per heavy atom. The van der Waals surface area contributed by atoms with Crippen LogP contribution >= 0.6 is 7.82 Å². The third-order valence-corrected chi connectivity index (χ3v) is 5.34. The van der Waals surface area contributed by atoms with Gasteiger partial charge in [-0.1, -0.05) is 0 Å². The average molecular weight is 408 g/mol. The van der Waals surface area contributed by atoms with Gasteiger partial charge in [0.1, 0.15) is 5.60 Å².